The Morgan fingerprint density at radius 2 is 1.93 bits per heavy atom. The number of benzene rings is 1. The van der Waals surface area contributed by atoms with Crippen LogP contribution < -0.4 is 15.4 Å². The number of thiazole rings is 1. The molecule has 0 fully saturated rings. The van der Waals surface area contributed by atoms with Crippen LogP contribution in [0.15, 0.2) is 34.6 Å². The number of aliphatic imine (C=N–C) groups is 1. The van der Waals surface area contributed by atoms with E-state index in [1.165, 1.54) is 5.56 Å². The summed E-state index contributed by atoms with van der Waals surface area (Å²) in [4.78, 5) is 7.67. The summed E-state index contributed by atoms with van der Waals surface area (Å²) in [5, 5.41) is 7.53. The molecule has 0 aliphatic carbocycles. The number of halogens is 4. The number of hydrogen-bond acceptors (Lipinski definition) is 4. The highest BCUT2D eigenvalue weighted by atomic mass is 127. The normalized spacial score (nSPS) is 12.9. The summed E-state index contributed by atoms with van der Waals surface area (Å²) in [6, 6.07) is 7.94. The number of nitrogens with one attached hydrogen (secondary N) is 2. The van der Waals surface area contributed by atoms with E-state index in [-0.39, 0.29) is 30.5 Å². The highest BCUT2D eigenvalue weighted by molar-refractivity contribution is 14.0. The standard InChI is InChI=1S/C18H23F3N4OS.HI/c1-12(13-4-6-14(26-3)7-5-13)8-9-23-17(22-2)24-10-16-25-15(11-27-16)18(19,20)21;/h4-7,11-12H,8-10H2,1-3H3,(H2,22,23,24);1H. The number of alkyl halides is 3. The Balaban J connectivity index is 0.00000392. The zero-order chi connectivity index (χ0) is 19.9. The highest BCUT2D eigenvalue weighted by Gasteiger charge is 2.33. The van der Waals surface area contributed by atoms with Gasteiger partial charge in [-0.2, -0.15) is 13.2 Å². The molecule has 10 heteroatoms. The van der Waals surface area contributed by atoms with E-state index in [2.05, 4.69) is 27.5 Å². The molecule has 2 rings (SSSR count). The van der Waals surface area contributed by atoms with Gasteiger partial charge in [-0.1, -0.05) is 19.1 Å². The van der Waals surface area contributed by atoms with Crippen molar-refractivity contribution in [3.05, 3.63) is 45.9 Å². The van der Waals surface area contributed by atoms with Crippen LogP contribution in [0.25, 0.3) is 0 Å². The zero-order valence-electron chi connectivity index (χ0n) is 15.8. The van der Waals surface area contributed by atoms with Crippen LogP contribution in [0, 0.1) is 0 Å². The Morgan fingerprint density at radius 1 is 1.25 bits per heavy atom. The molecule has 0 aliphatic rings. The molecule has 0 spiro atoms. The lowest BCUT2D eigenvalue weighted by Crippen LogP contribution is -2.37. The van der Waals surface area contributed by atoms with Gasteiger partial charge in [-0.05, 0) is 30.0 Å². The first-order chi connectivity index (χ1) is 12.8. The number of nitrogens with zero attached hydrogens (tertiary/aromatic N) is 2. The summed E-state index contributed by atoms with van der Waals surface area (Å²) in [6.45, 7) is 3.00. The van der Waals surface area contributed by atoms with Crippen molar-refractivity contribution in [3.8, 4) is 5.75 Å². The average Bonchev–Trinajstić information content (AvgIpc) is 3.14. The molecule has 1 aromatic heterocycles. The first kappa shape index (κ1) is 24.5. The van der Waals surface area contributed by atoms with Crippen molar-refractivity contribution in [2.45, 2.75) is 32.0 Å². The number of rotatable bonds is 7. The number of methoxy groups -OCH3 is 1. The van der Waals surface area contributed by atoms with Crippen LogP contribution in [-0.2, 0) is 12.7 Å². The van der Waals surface area contributed by atoms with Gasteiger partial charge >= 0.3 is 6.18 Å². The summed E-state index contributed by atoms with van der Waals surface area (Å²) in [7, 11) is 3.25. The van der Waals surface area contributed by atoms with Crippen molar-refractivity contribution in [3.63, 3.8) is 0 Å². The van der Waals surface area contributed by atoms with E-state index >= 15 is 0 Å². The van der Waals surface area contributed by atoms with Crippen LogP contribution >= 0.6 is 35.3 Å². The van der Waals surface area contributed by atoms with Gasteiger partial charge in [0.05, 0.1) is 13.7 Å². The molecule has 0 saturated carbocycles. The van der Waals surface area contributed by atoms with Crippen molar-refractivity contribution in [1.29, 1.82) is 0 Å². The van der Waals surface area contributed by atoms with Crippen LogP contribution in [0.2, 0.25) is 0 Å². The first-order valence-electron chi connectivity index (χ1n) is 8.43. The molecule has 1 heterocycles. The van der Waals surface area contributed by atoms with E-state index in [1.807, 2.05) is 24.3 Å². The maximum Gasteiger partial charge on any atom is 0.434 e. The Morgan fingerprint density at radius 3 is 2.46 bits per heavy atom. The molecular weight excluding hydrogens is 504 g/mol. The lowest BCUT2D eigenvalue weighted by molar-refractivity contribution is -0.140. The number of ether oxygens (including phenoxy) is 1. The number of aromatic nitrogens is 1. The van der Waals surface area contributed by atoms with Gasteiger partial charge in [0.15, 0.2) is 11.7 Å². The molecule has 28 heavy (non-hydrogen) atoms. The van der Waals surface area contributed by atoms with Crippen molar-refractivity contribution in [2.75, 3.05) is 20.7 Å². The second-order valence-corrected chi connectivity index (χ2v) is 6.88. The predicted molar refractivity (Wildman–Crippen MR) is 117 cm³/mol. The van der Waals surface area contributed by atoms with Crippen molar-refractivity contribution in [1.82, 2.24) is 15.6 Å². The molecule has 1 atom stereocenters. The van der Waals surface area contributed by atoms with E-state index in [0.29, 0.717) is 23.4 Å². The van der Waals surface area contributed by atoms with Crippen LogP contribution in [0.3, 0.4) is 0 Å². The SMILES string of the molecule is CN=C(NCCC(C)c1ccc(OC)cc1)NCc1nc(C(F)(F)F)cs1.I. The van der Waals surface area contributed by atoms with Crippen LogP contribution in [0.1, 0.15) is 35.5 Å². The zero-order valence-corrected chi connectivity index (χ0v) is 19.0. The van der Waals surface area contributed by atoms with Gasteiger partial charge < -0.3 is 15.4 Å². The van der Waals surface area contributed by atoms with Gasteiger partial charge in [-0.15, -0.1) is 35.3 Å². The Hall–Kier alpha value is -1.56. The first-order valence-corrected chi connectivity index (χ1v) is 9.31. The monoisotopic (exact) mass is 528 g/mol. The summed E-state index contributed by atoms with van der Waals surface area (Å²) < 4.78 is 42.9. The molecule has 0 radical (unpaired) electrons. The van der Waals surface area contributed by atoms with Gasteiger partial charge in [0, 0.05) is 19.0 Å². The Bertz CT molecular complexity index is 750. The number of guanidine groups is 1. The minimum atomic E-state index is -4.41. The minimum absolute atomic E-state index is 0. The lowest BCUT2D eigenvalue weighted by atomic mass is 9.98. The third kappa shape index (κ3) is 7.46. The van der Waals surface area contributed by atoms with Gasteiger partial charge in [0.2, 0.25) is 0 Å². The van der Waals surface area contributed by atoms with Crippen LogP contribution in [0.4, 0.5) is 13.2 Å². The molecule has 156 valence electrons. The predicted octanol–water partition coefficient (Wildman–Crippen LogP) is 4.65. The third-order valence-corrected chi connectivity index (χ3v) is 4.88. The Kier molecular flexibility index (Phi) is 10.0. The summed E-state index contributed by atoms with van der Waals surface area (Å²) in [5.41, 5.74) is 0.351. The molecule has 1 aromatic carbocycles. The van der Waals surface area contributed by atoms with E-state index in [9.17, 15) is 13.2 Å². The fourth-order valence-electron chi connectivity index (χ4n) is 2.41. The second-order valence-electron chi connectivity index (χ2n) is 5.94. The smallest absolute Gasteiger partial charge is 0.434 e. The molecule has 2 N–H and O–H groups in total. The second kappa shape index (κ2) is 11.4. The molecule has 5 nitrogen and oxygen atoms in total. The topological polar surface area (TPSA) is 58.5 Å². The average molecular weight is 528 g/mol. The van der Waals surface area contributed by atoms with Crippen LogP contribution in [-0.4, -0.2) is 31.6 Å². The number of hydrogen-bond donors (Lipinski definition) is 2. The molecular formula is C18H24F3IN4OS. The largest absolute Gasteiger partial charge is 0.497 e. The molecule has 0 bridgehead atoms. The van der Waals surface area contributed by atoms with Gasteiger partial charge in [-0.25, -0.2) is 4.98 Å². The van der Waals surface area contributed by atoms with E-state index in [4.69, 9.17) is 4.74 Å². The molecule has 2 aromatic rings. The third-order valence-electron chi connectivity index (χ3n) is 4.03. The molecule has 0 saturated heterocycles. The van der Waals surface area contributed by atoms with Gasteiger partial charge in [0.1, 0.15) is 10.8 Å². The van der Waals surface area contributed by atoms with E-state index in [0.717, 1.165) is 28.9 Å². The van der Waals surface area contributed by atoms with Gasteiger partial charge in [-0.3, -0.25) is 4.99 Å². The fourth-order valence-corrected chi connectivity index (χ4v) is 3.15. The fraction of sp³-hybridized carbons (Fsp3) is 0.444. The summed E-state index contributed by atoms with van der Waals surface area (Å²) in [5.74, 6) is 1.69. The highest BCUT2D eigenvalue weighted by Crippen LogP contribution is 2.29. The molecule has 0 aliphatic heterocycles. The van der Waals surface area contributed by atoms with Crippen molar-refractivity contribution in [2.24, 2.45) is 4.99 Å². The van der Waals surface area contributed by atoms with Crippen molar-refractivity contribution < 1.29 is 17.9 Å². The van der Waals surface area contributed by atoms with E-state index in [1.54, 1.807) is 14.2 Å². The van der Waals surface area contributed by atoms with Gasteiger partial charge in [0.25, 0.3) is 0 Å². The maximum atomic E-state index is 12.6. The van der Waals surface area contributed by atoms with E-state index < -0.39 is 11.9 Å². The Labute approximate surface area is 183 Å². The summed E-state index contributed by atoms with van der Waals surface area (Å²) >= 11 is 0.971. The quantitative estimate of drug-likeness (QED) is 0.312. The molecule has 0 amide bonds. The maximum absolute atomic E-state index is 12.6. The summed E-state index contributed by atoms with van der Waals surface area (Å²) in [6.07, 6.45) is -3.53. The van der Waals surface area contributed by atoms with Crippen molar-refractivity contribution >= 4 is 41.3 Å². The van der Waals surface area contributed by atoms with Crippen LogP contribution in [0.5, 0.6) is 5.75 Å². The molecule has 1 unspecified atom stereocenters. The lowest BCUT2D eigenvalue weighted by Gasteiger charge is -2.15. The minimum Gasteiger partial charge on any atom is -0.497 e.